The maximum atomic E-state index is 13.1. The number of amides is 1. The Kier molecular flexibility index (Phi) is 7.67. The molecule has 184 valence electrons. The van der Waals surface area contributed by atoms with Gasteiger partial charge in [-0.2, -0.15) is 0 Å². The third-order valence-electron chi connectivity index (χ3n) is 5.55. The highest BCUT2D eigenvalue weighted by atomic mass is 32.2. The molecule has 1 atom stereocenters. The van der Waals surface area contributed by atoms with Gasteiger partial charge in [0.1, 0.15) is 18.2 Å². The quantitative estimate of drug-likeness (QED) is 0.447. The third-order valence-corrected chi connectivity index (χ3v) is 6.95. The lowest BCUT2D eigenvalue weighted by molar-refractivity contribution is -0.115. The summed E-state index contributed by atoms with van der Waals surface area (Å²) in [5.74, 6) is -0.145. The van der Waals surface area contributed by atoms with E-state index in [4.69, 9.17) is 9.47 Å². The summed E-state index contributed by atoms with van der Waals surface area (Å²) in [6.45, 7) is 3.13. The highest BCUT2D eigenvalue weighted by Crippen LogP contribution is 2.27. The van der Waals surface area contributed by atoms with E-state index in [-0.39, 0.29) is 23.3 Å². The van der Waals surface area contributed by atoms with Crippen molar-refractivity contribution in [2.45, 2.75) is 37.2 Å². The number of aryl methyl sites for hydroxylation is 1. The van der Waals surface area contributed by atoms with Crippen LogP contribution in [0.25, 0.3) is 0 Å². The lowest BCUT2D eigenvalue weighted by atomic mass is 10.1. The van der Waals surface area contributed by atoms with Crippen molar-refractivity contribution in [3.8, 4) is 5.75 Å². The molecule has 4 rings (SSSR count). The van der Waals surface area contributed by atoms with Gasteiger partial charge in [0.15, 0.2) is 0 Å². The van der Waals surface area contributed by atoms with Crippen LogP contribution in [0, 0.1) is 12.7 Å². The molecule has 0 radical (unpaired) electrons. The Morgan fingerprint density at radius 2 is 1.83 bits per heavy atom. The molecule has 0 saturated carbocycles. The summed E-state index contributed by atoms with van der Waals surface area (Å²) in [6, 6.07) is 16.6. The number of hydrogen-bond donors (Lipinski definition) is 2. The topological polar surface area (TPSA) is 93.7 Å². The molecular weight excluding hydrogens is 471 g/mol. The van der Waals surface area contributed by atoms with Crippen molar-refractivity contribution in [2.75, 3.05) is 23.3 Å². The zero-order valence-corrected chi connectivity index (χ0v) is 20.1. The molecule has 1 aliphatic heterocycles. The summed E-state index contributed by atoms with van der Waals surface area (Å²) in [4.78, 5) is 12.6. The van der Waals surface area contributed by atoms with Crippen LogP contribution in [0.5, 0.6) is 5.75 Å². The minimum atomic E-state index is -3.85. The van der Waals surface area contributed by atoms with E-state index in [1.54, 1.807) is 24.3 Å². The van der Waals surface area contributed by atoms with Gasteiger partial charge in [-0.25, -0.2) is 12.8 Å². The molecule has 2 N–H and O–H groups in total. The second kappa shape index (κ2) is 10.9. The number of carbonyl (C=O) groups is 1. The van der Waals surface area contributed by atoms with Gasteiger partial charge in [0.25, 0.3) is 10.0 Å². The van der Waals surface area contributed by atoms with Crippen LogP contribution < -0.4 is 14.8 Å². The smallest absolute Gasteiger partial charge is 0.261 e. The Labute approximate surface area is 204 Å². The summed E-state index contributed by atoms with van der Waals surface area (Å²) in [6.07, 6.45) is 2.16. The van der Waals surface area contributed by atoms with Crippen LogP contribution in [0.2, 0.25) is 0 Å². The van der Waals surface area contributed by atoms with Gasteiger partial charge >= 0.3 is 0 Å². The maximum absolute atomic E-state index is 13.1. The van der Waals surface area contributed by atoms with E-state index in [0.717, 1.165) is 37.1 Å². The van der Waals surface area contributed by atoms with Gasteiger partial charge in [-0.1, -0.05) is 18.2 Å². The fourth-order valence-electron chi connectivity index (χ4n) is 3.71. The van der Waals surface area contributed by atoms with Crippen LogP contribution in [0.4, 0.5) is 15.8 Å². The van der Waals surface area contributed by atoms with Crippen LogP contribution in [0.1, 0.15) is 24.0 Å². The molecule has 1 saturated heterocycles. The summed E-state index contributed by atoms with van der Waals surface area (Å²) in [5.41, 5.74) is 2.65. The molecule has 1 heterocycles. The number of anilines is 2. The largest absolute Gasteiger partial charge is 0.489 e. The second-order valence-electron chi connectivity index (χ2n) is 8.43. The van der Waals surface area contributed by atoms with Crippen LogP contribution in [-0.4, -0.2) is 33.6 Å². The molecule has 3 aromatic rings. The van der Waals surface area contributed by atoms with E-state index in [0.29, 0.717) is 29.3 Å². The number of sulfonamides is 1. The average molecular weight is 499 g/mol. The van der Waals surface area contributed by atoms with E-state index in [9.17, 15) is 17.6 Å². The highest BCUT2D eigenvalue weighted by Gasteiger charge is 2.18. The first-order valence-corrected chi connectivity index (χ1v) is 12.8. The van der Waals surface area contributed by atoms with Crippen molar-refractivity contribution in [1.29, 1.82) is 0 Å². The van der Waals surface area contributed by atoms with Crippen molar-refractivity contribution < 1.29 is 27.1 Å². The zero-order chi connectivity index (χ0) is 24.8. The Morgan fingerprint density at radius 3 is 2.51 bits per heavy atom. The van der Waals surface area contributed by atoms with Crippen molar-refractivity contribution in [3.63, 3.8) is 0 Å². The summed E-state index contributed by atoms with van der Waals surface area (Å²) in [5, 5.41) is 2.89. The SMILES string of the molecule is Cc1ccc(NC(=O)Cc2ccc(NS(=O)(=O)c3ccc(F)cc3)cc2)c(OCC2CCCO2)c1. The minimum Gasteiger partial charge on any atom is -0.489 e. The molecule has 0 bridgehead atoms. The van der Waals surface area contributed by atoms with Gasteiger partial charge in [0, 0.05) is 12.3 Å². The van der Waals surface area contributed by atoms with E-state index in [1.165, 1.54) is 12.1 Å². The molecule has 1 fully saturated rings. The Hall–Kier alpha value is -3.43. The molecule has 35 heavy (non-hydrogen) atoms. The third kappa shape index (κ3) is 6.80. The lowest BCUT2D eigenvalue weighted by Crippen LogP contribution is -2.19. The first-order chi connectivity index (χ1) is 16.8. The zero-order valence-electron chi connectivity index (χ0n) is 19.3. The number of ether oxygens (including phenoxy) is 2. The predicted molar refractivity (Wildman–Crippen MR) is 132 cm³/mol. The monoisotopic (exact) mass is 498 g/mol. The molecular formula is C26H27FN2O5S. The second-order valence-corrected chi connectivity index (χ2v) is 10.1. The molecule has 3 aromatic carbocycles. The average Bonchev–Trinajstić information content (AvgIpc) is 3.34. The molecule has 7 nitrogen and oxygen atoms in total. The van der Waals surface area contributed by atoms with Gasteiger partial charge in [0.05, 0.1) is 23.1 Å². The summed E-state index contributed by atoms with van der Waals surface area (Å²) >= 11 is 0. The Bertz CT molecular complexity index is 1270. The summed E-state index contributed by atoms with van der Waals surface area (Å²) < 4.78 is 52.0. The minimum absolute atomic E-state index is 0.0435. The van der Waals surface area contributed by atoms with E-state index >= 15 is 0 Å². The van der Waals surface area contributed by atoms with Crippen molar-refractivity contribution >= 4 is 27.3 Å². The summed E-state index contributed by atoms with van der Waals surface area (Å²) in [7, 11) is -3.85. The molecule has 0 aliphatic carbocycles. The molecule has 1 aliphatic rings. The normalized spacial score (nSPS) is 15.5. The molecule has 1 unspecified atom stereocenters. The standard InChI is InChI=1S/C26H27FN2O5S/c1-18-4-13-24(25(15-18)34-17-22-3-2-14-33-22)28-26(30)16-19-5-9-21(10-6-19)29-35(31,32)23-11-7-20(27)8-12-23/h4-13,15,22,29H,2-3,14,16-17H2,1H3,(H,28,30). The molecule has 0 aromatic heterocycles. The van der Waals surface area contributed by atoms with Gasteiger partial charge in [0.2, 0.25) is 5.91 Å². The van der Waals surface area contributed by atoms with Gasteiger partial charge < -0.3 is 14.8 Å². The van der Waals surface area contributed by atoms with Crippen LogP contribution in [0.3, 0.4) is 0 Å². The number of halogens is 1. The van der Waals surface area contributed by atoms with E-state index < -0.39 is 15.8 Å². The number of nitrogens with one attached hydrogen (secondary N) is 2. The van der Waals surface area contributed by atoms with E-state index in [2.05, 4.69) is 10.0 Å². The molecule has 0 spiro atoms. The van der Waals surface area contributed by atoms with Gasteiger partial charge in [-0.05, 0) is 79.4 Å². The van der Waals surface area contributed by atoms with Gasteiger partial charge in [-0.15, -0.1) is 0 Å². The first kappa shape index (κ1) is 24.7. The fraction of sp³-hybridized carbons (Fsp3) is 0.269. The number of carbonyl (C=O) groups excluding carboxylic acids is 1. The van der Waals surface area contributed by atoms with Gasteiger partial charge in [-0.3, -0.25) is 9.52 Å². The first-order valence-electron chi connectivity index (χ1n) is 11.3. The van der Waals surface area contributed by atoms with Crippen LogP contribution in [0.15, 0.2) is 71.6 Å². The number of hydrogen-bond acceptors (Lipinski definition) is 5. The Balaban J connectivity index is 1.36. The Morgan fingerprint density at radius 1 is 1.09 bits per heavy atom. The van der Waals surface area contributed by atoms with E-state index in [1.807, 2.05) is 25.1 Å². The fourth-order valence-corrected chi connectivity index (χ4v) is 4.77. The van der Waals surface area contributed by atoms with Crippen LogP contribution >= 0.6 is 0 Å². The highest BCUT2D eigenvalue weighted by molar-refractivity contribution is 7.92. The molecule has 9 heteroatoms. The number of benzene rings is 3. The number of rotatable bonds is 9. The van der Waals surface area contributed by atoms with Crippen molar-refractivity contribution in [1.82, 2.24) is 0 Å². The molecule has 1 amide bonds. The van der Waals surface area contributed by atoms with Crippen molar-refractivity contribution in [3.05, 3.63) is 83.7 Å². The van der Waals surface area contributed by atoms with Crippen molar-refractivity contribution in [2.24, 2.45) is 0 Å². The lowest BCUT2D eigenvalue weighted by Gasteiger charge is -2.16. The maximum Gasteiger partial charge on any atom is 0.261 e. The van der Waals surface area contributed by atoms with Crippen LogP contribution in [-0.2, 0) is 26.0 Å². The predicted octanol–water partition coefficient (Wildman–Crippen LogP) is 4.67.